The van der Waals surface area contributed by atoms with Crippen molar-refractivity contribution in [2.45, 2.75) is 13.1 Å². The SMILES string of the molecule is C[Si]1(C)c2ccccc2-c2c(-c3ccc(-n4c5ccccc5c5ccc6sc7ccccc7c6c54)cc3)nc(-c3ccccc3)nc21. The molecule has 0 amide bonds. The van der Waals surface area contributed by atoms with Gasteiger partial charge in [0.15, 0.2) is 5.82 Å². The second-order valence-electron chi connectivity index (χ2n) is 13.0. The molecule has 5 heteroatoms. The maximum Gasteiger partial charge on any atom is 0.159 e. The number of hydrogen-bond donors (Lipinski definition) is 0. The first kappa shape index (κ1) is 26.8. The molecule has 0 aliphatic carbocycles. The fourth-order valence-corrected chi connectivity index (χ4v) is 11.8. The Balaban J connectivity index is 1.22. The zero-order chi connectivity index (χ0) is 31.3. The maximum atomic E-state index is 5.32. The molecule has 222 valence electrons. The third-order valence-electron chi connectivity index (χ3n) is 9.98. The Morgan fingerprint density at radius 3 is 2.15 bits per heavy atom. The summed E-state index contributed by atoms with van der Waals surface area (Å²) in [6.07, 6.45) is 0. The third kappa shape index (κ3) is 3.78. The van der Waals surface area contributed by atoms with Gasteiger partial charge in [-0.1, -0.05) is 122 Å². The fourth-order valence-electron chi connectivity index (χ4n) is 7.77. The summed E-state index contributed by atoms with van der Waals surface area (Å²) < 4.78 is 5.09. The molecule has 1 aliphatic heterocycles. The molecule has 0 spiro atoms. The van der Waals surface area contributed by atoms with E-state index in [1.54, 1.807) is 0 Å². The van der Waals surface area contributed by atoms with Crippen LogP contribution in [0.2, 0.25) is 13.1 Å². The molecule has 0 bridgehead atoms. The van der Waals surface area contributed by atoms with Gasteiger partial charge in [0.25, 0.3) is 0 Å². The monoisotopic (exact) mass is 635 g/mol. The molecule has 0 saturated carbocycles. The zero-order valence-electron chi connectivity index (χ0n) is 26.0. The summed E-state index contributed by atoms with van der Waals surface area (Å²) in [6, 6.07) is 50.5. The molecular weight excluding hydrogens is 607 g/mol. The fraction of sp³-hybridized carbons (Fsp3) is 0.0476. The van der Waals surface area contributed by atoms with Gasteiger partial charge in [-0.2, -0.15) is 0 Å². The Morgan fingerprint density at radius 1 is 0.574 bits per heavy atom. The number of hydrogen-bond acceptors (Lipinski definition) is 3. The highest BCUT2D eigenvalue weighted by Gasteiger charge is 2.41. The minimum Gasteiger partial charge on any atom is -0.309 e. The molecule has 0 unspecified atom stereocenters. The molecule has 0 fully saturated rings. The lowest BCUT2D eigenvalue weighted by Gasteiger charge is -2.19. The molecule has 6 aromatic carbocycles. The van der Waals surface area contributed by atoms with E-state index in [9.17, 15) is 0 Å². The van der Waals surface area contributed by atoms with Crippen LogP contribution < -0.4 is 10.5 Å². The van der Waals surface area contributed by atoms with Gasteiger partial charge in [-0.05, 0) is 41.1 Å². The lowest BCUT2D eigenvalue weighted by atomic mass is 10.00. The van der Waals surface area contributed by atoms with Gasteiger partial charge in [0.05, 0.1) is 16.7 Å². The Bertz CT molecular complexity index is 2700. The molecule has 9 aromatic rings. The number of fused-ring (bicyclic) bond motifs is 10. The van der Waals surface area contributed by atoms with Crippen LogP contribution in [-0.2, 0) is 0 Å². The van der Waals surface area contributed by atoms with Crippen molar-refractivity contribution in [2.75, 3.05) is 0 Å². The topological polar surface area (TPSA) is 30.7 Å². The van der Waals surface area contributed by atoms with Crippen molar-refractivity contribution in [1.82, 2.24) is 14.5 Å². The van der Waals surface area contributed by atoms with Crippen molar-refractivity contribution >= 4 is 71.9 Å². The molecule has 47 heavy (non-hydrogen) atoms. The predicted molar refractivity (Wildman–Crippen MR) is 202 cm³/mol. The molecule has 3 nitrogen and oxygen atoms in total. The molecule has 0 saturated heterocycles. The lowest BCUT2D eigenvalue weighted by molar-refractivity contribution is 1.18. The number of para-hydroxylation sites is 1. The first-order chi connectivity index (χ1) is 23.1. The summed E-state index contributed by atoms with van der Waals surface area (Å²) in [7, 11) is -2.02. The molecular formula is C42H29N3SSi. The van der Waals surface area contributed by atoms with Crippen molar-refractivity contribution in [3.05, 3.63) is 140 Å². The first-order valence-corrected chi connectivity index (χ1v) is 19.9. The van der Waals surface area contributed by atoms with Gasteiger partial charge in [0.2, 0.25) is 0 Å². The van der Waals surface area contributed by atoms with Crippen LogP contribution >= 0.6 is 11.3 Å². The highest BCUT2D eigenvalue weighted by atomic mass is 32.1. The Labute approximate surface area is 277 Å². The highest BCUT2D eigenvalue weighted by Crippen LogP contribution is 2.43. The summed E-state index contributed by atoms with van der Waals surface area (Å²) in [5.41, 5.74) is 9.29. The van der Waals surface area contributed by atoms with E-state index in [0.717, 1.165) is 28.3 Å². The Morgan fingerprint density at radius 2 is 1.30 bits per heavy atom. The van der Waals surface area contributed by atoms with Crippen LogP contribution in [0.25, 0.3) is 81.4 Å². The van der Waals surface area contributed by atoms with Gasteiger partial charge >= 0.3 is 0 Å². The van der Waals surface area contributed by atoms with E-state index in [4.69, 9.17) is 9.97 Å². The summed E-state index contributed by atoms with van der Waals surface area (Å²) in [4.78, 5) is 10.6. The van der Waals surface area contributed by atoms with Crippen molar-refractivity contribution in [1.29, 1.82) is 0 Å². The standard InChI is InChI=1S/C42H29N3SSi/c1-47(2)36-19-11-8-16-32(36)38-39(43-41(44-42(38)47)27-12-4-3-5-13-27)26-20-22-28(23-21-26)45-33-17-9-6-14-29(33)30-24-25-35-37(40(30)45)31-15-7-10-18-34(31)46-35/h3-25H,1-2H3. The quantitative estimate of drug-likeness (QED) is 0.181. The van der Waals surface area contributed by atoms with Gasteiger partial charge < -0.3 is 4.57 Å². The number of nitrogens with zero attached hydrogens (tertiary/aromatic N) is 3. The Hall–Kier alpha value is -5.36. The molecule has 10 rings (SSSR count). The van der Waals surface area contributed by atoms with Crippen LogP contribution in [-0.4, -0.2) is 22.6 Å². The molecule has 0 radical (unpaired) electrons. The molecule has 3 aromatic heterocycles. The van der Waals surface area contributed by atoms with E-state index in [1.807, 2.05) is 17.4 Å². The number of rotatable bonds is 3. The average Bonchev–Trinajstić information content (AvgIpc) is 3.74. The second-order valence-corrected chi connectivity index (χ2v) is 18.3. The molecule has 4 heterocycles. The van der Waals surface area contributed by atoms with E-state index in [2.05, 4.69) is 151 Å². The van der Waals surface area contributed by atoms with Crippen LogP contribution in [0.1, 0.15) is 0 Å². The van der Waals surface area contributed by atoms with Crippen LogP contribution in [0.3, 0.4) is 0 Å². The lowest BCUT2D eigenvalue weighted by Crippen LogP contribution is -2.50. The van der Waals surface area contributed by atoms with Gasteiger partial charge in [-0.25, -0.2) is 9.97 Å². The average molecular weight is 636 g/mol. The summed E-state index contributed by atoms with van der Waals surface area (Å²) in [6.45, 7) is 4.84. The largest absolute Gasteiger partial charge is 0.309 e. The van der Waals surface area contributed by atoms with E-state index >= 15 is 0 Å². The smallest absolute Gasteiger partial charge is 0.159 e. The summed E-state index contributed by atoms with van der Waals surface area (Å²) in [5.74, 6) is 0.797. The van der Waals surface area contributed by atoms with Crippen molar-refractivity contribution in [2.24, 2.45) is 0 Å². The maximum absolute atomic E-state index is 5.32. The number of aromatic nitrogens is 3. The van der Waals surface area contributed by atoms with Crippen molar-refractivity contribution < 1.29 is 0 Å². The number of thiophene rings is 1. The molecule has 0 atom stereocenters. The van der Waals surface area contributed by atoms with Crippen LogP contribution in [0.5, 0.6) is 0 Å². The van der Waals surface area contributed by atoms with Gasteiger partial charge in [0.1, 0.15) is 8.07 Å². The minimum absolute atomic E-state index is 0.797. The van der Waals surface area contributed by atoms with Crippen molar-refractivity contribution in [3.8, 4) is 39.5 Å². The highest BCUT2D eigenvalue weighted by molar-refractivity contribution is 7.26. The molecule has 0 N–H and O–H groups in total. The predicted octanol–water partition coefficient (Wildman–Crippen LogP) is 10.1. The van der Waals surface area contributed by atoms with E-state index < -0.39 is 8.07 Å². The first-order valence-electron chi connectivity index (χ1n) is 16.1. The van der Waals surface area contributed by atoms with Crippen molar-refractivity contribution in [3.63, 3.8) is 0 Å². The zero-order valence-corrected chi connectivity index (χ0v) is 27.8. The van der Waals surface area contributed by atoms with E-state index in [0.29, 0.717) is 0 Å². The van der Waals surface area contributed by atoms with E-state index in [-0.39, 0.29) is 0 Å². The van der Waals surface area contributed by atoms with Gasteiger partial charge in [-0.15, -0.1) is 11.3 Å². The Kier molecular flexibility index (Phi) is 5.60. The third-order valence-corrected chi connectivity index (χ3v) is 14.4. The van der Waals surface area contributed by atoms with Crippen LogP contribution in [0.15, 0.2) is 140 Å². The second kappa shape index (κ2) is 9.82. The van der Waals surface area contributed by atoms with Gasteiger partial charge in [0, 0.05) is 58.6 Å². The van der Waals surface area contributed by atoms with Crippen LogP contribution in [0.4, 0.5) is 0 Å². The van der Waals surface area contributed by atoms with Crippen LogP contribution in [0, 0.1) is 0 Å². The molecule has 1 aliphatic rings. The van der Waals surface area contributed by atoms with E-state index in [1.165, 1.54) is 63.6 Å². The minimum atomic E-state index is -2.02. The normalized spacial score (nSPS) is 13.5. The number of benzene rings is 6. The summed E-state index contributed by atoms with van der Waals surface area (Å²) >= 11 is 1.87. The van der Waals surface area contributed by atoms with Gasteiger partial charge in [-0.3, -0.25) is 0 Å². The summed E-state index contributed by atoms with van der Waals surface area (Å²) in [5, 5.41) is 7.85.